The monoisotopic (exact) mass is 527 g/mol. The van der Waals surface area contributed by atoms with Gasteiger partial charge in [-0.05, 0) is 30.9 Å². The predicted octanol–water partition coefficient (Wildman–Crippen LogP) is 4.63. The molecule has 0 bridgehead atoms. The lowest BCUT2D eigenvalue weighted by molar-refractivity contribution is -0.113. The highest BCUT2D eigenvalue weighted by Crippen LogP contribution is 2.34. The molecule has 0 spiro atoms. The Labute approximate surface area is 218 Å². The fraction of sp³-hybridized carbons (Fsp3) is 0.320. The van der Waals surface area contributed by atoms with Crippen molar-refractivity contribution in [1.29, 1.82) is 0 Å². The molecular formula is C25H29N5O4S2. The van der Waals surface area contributed by atoms with Crippen LogP contribution in [0, 0.1) is 6.92 Å². The number of esters is 1. The summed E-state index contributed by atoms with van der Waals surface area (Å²) in [6.45, 7) is 12.0. The van der Waals surface area contributed by atoms with Gasteiger partial charge < -0.3 is 15.8 Å². The standard InChI is InChI=1S/C25H29N5O4S2/c1-6-12-30-22(17-10-8-16(9-11-17)14(3)4)28-29-25(30)35-13-18(31)27-23-19(24(33)34-7-2)15(5)20(36-23)21(26)32/h6,8-11,14H,1,7,12-13H2,2-5H3,(H2,26,32)(H,27,31). The Morgan fingerprint density at radius 3 is 2.53 bits per heavy atom. The van der Waals surface area contributed by atoms with E-state index < -0.39 is 11.9 Å². The molecule has 2 amide bonds. The topological polar surface area (TPSA) is 129 Å². The molecule has 11 heteroatoms. The Morgan fingerprint density at radius 2 is 1.94 bits per heavy atom. The van der Waals surface area contributed by atoms with Gasteiger partial charge in [-0.15, -0.1) is 28.1 Å². The molecule has 0 aliphatic rings. The summed E-state index contributed by atoms with van der Waals surface area (Å²) in [4.78, 5) is 37.2. The van der Waals surface area contributed by atoms with Gasteiger partial charge in [-0.25, -0.2) is 4.79 Å². The summed E-state index contributed by atoms with van der Waals surface area (Å²) in [5, 5.41) is 12.1. The third-order valence-electron chi connectivity index (χ3n) is 5.30. The average molecular weight is 528 g/mol. The Kier molecular flexibility index (Phi) is 9.05. The fourth-order valence-electron chi connectivity index (χ4n) is 3.50. The fourth-order valence-corrected chi connectivity index (χ4v) is 5.31. The molecule has 0 atom stereocenters. The number of ether oxygens (including phenoxy) is 1. The number of primary amides is 1. The highest BCUT2D eigenvalue weighted by atomic mass is 32.2. The number of benzene rings is 1. The second-order valence-electron chi connectivity index (χ2n) is 8.16. The molecule has 3 N–H and O–H groups in total. The number of hydrogen-bond donors (Lipinski definition) is 2. The van der Waals surface area contributed by atoms with Gasteiger partial charge >= 0.3 is 5.97 Å². The number of nitrogens with zero attached hydrogens (tertiary/aromatic N) is 3. The Hall–Kier alpha value is -3.44. The third-order valence-corrected chi connectivity index (χ3v) is 7.49. The normalized spacial score (nSPS) is 10.9. The molecule has 0 saturated heterocycles. The zero-order valence-corrected chi connectivity index (χ0v) is 22.3. The van der Waals surface area contributed by atoms with Crippen molar-refractivity contribution in [1.82, 2.24) is 14.8 Å². The van der Waals surface area contributed by atoms with E-state index in [9.17, 15) is 14.4 Å². The molecule has 3 aromatic rings. The minimum atomic E-state index is -0.676. The van der Waals surface area contributed by atoms with Gasteiger partial charge in [0, 0.05) is 12.1 Å². The van der Waals surface area contributed by atoms with E-state index in [1.165, 1.54) is 17.3 Å². The molecule has 0 fully saturated rings. The van der Waals surface area contributed by atoms with E-state index in [1.807, 2.05) is 16.7 Å². The molecule has 2 aromatic heterocycles. The summed E-state index contributed by atoms with van der Waals surface area (Å²) in [5.41, 5.74) is 8.09. The van der Waals surface area contributed by atoms with E-state index in [0.717, 1.165) is 16.9 Å². The number of aromatic nitrogens is 3. The van der Waals surface area contributed by atoms with Crippen LogP contribution >= 0.6 is 23.1 Å². The Morgan fingerprint density at radius 1 is 1.25 bits per heavy atom. The molecule has 190 valence electrons. The maximum absolute atomic E-state index is 12.8. The molecule has 3 rings (SSSR count). The lowest BCUT2D eigenvalue weighted by Gasteiger charge is -2.10. The van der Waals surface area contributed by atoms with Crippen LogP contribution in [-0.4, -0.2) is 44.9 Å². The summed E-state index contributed by atoms with van der Waals surface area (Å²) >= 11 is 2.16. The minimum absolute atomic E-state index is 0.00663. The number of amides is 2. The van der Waals surface area contributed by atoms with E-state index in [1.54, 1.807) is 19.9 Å². The van der Waals surface area contributed by atoms with Crippen LogP contribution in [0.5, 0.6) is 0 Å². The number of anilines is 1. The second kappa shape index (κ2) is 12.0. The van der Waals surface area contributed by atoms with Crippen molar-refractivity contribution in [3.63, 3.8) is 0 Å². The number of nitrogens with two attached hydrogens (primary N) is 1. The summed E-state index contributed by atoms with van der Waals surface area (Å²) in [7, 11) is 0. The van der Waals surface area contributed by atoms with Gasteiger partial charge in [0.1, 0.15) is 5.00 Å². The van der Waals surface area contributed by atoms with Crippen molar-refractivity contribution in [3.05, 3.63) is 58.5 Å². The first-order chi connectivity index (χ1) is 17.2. The van der Waals surface area contributed by atoms with Crippen LogP contribution in [0.15, 0.2) is 42.1 Å². The molecule has 9 nitrogen and oxygen atoms in total. The van der Waals surface area contributed by atoms with Gasteiger partial charge in [-0.2, -0.15) is 0 Å². The Bertz CT molecular complexity index is 1280. The number of thiophene rings is 1. The summed E-state index contributed by atoms with van der Waals surface area (Å²) < 4.78 is 6.98. The number of rotatable bonds is 11. The molecule has 0 radical (unpaired) electrons. The molecule has 0 aliphatic carbocycles. The molecule has 0 aliphatic heterocycles. The highest BCUT2D eigenvalue weighted by molar-refractivity contribution is 7.99. The summed E-state index contributed by atoms with van der Waals surface area (Å²) in [6, 6.07) is 8.15. The van der Waals surface area contributed by atoms with Crippen molar-refractivity contribution >= 4 is 45.9 Å². The van der Waals surface area contributed by atoms with Gasteiger partial charge in [-0.1, -0.05) is 56.0 Å². The largest absolute Gasteiger partial charge is 0.462 e. The van der Waals surface area contributed by atoms with Gasteiger partial charge in [0.2, 0.25) is 5.91 Å². The van der Waals surface area contributed by atoms with E-state index in [0.29, 0.717) is 29.0 Å². The van der Waals surface area contributed by atoms with Crippen molar-refractivity contribution in [3.8, 4) is 11.4 Å². The van der Waals surface area contributed by atoms with Crippen LogP contribution in [0.4, 0.5) is 5.00 Å². The number of hydrogen-bond acceptors (Lipinski definition) is 8. The predicted molar refractivity (Wildman–Crippen MR) is 143 cm³/mol. The quantitative estimate of drug-likeness (QED) is 0.211. The van der Waals surface area contributed by atoms with Crippen LogP contribution in [0.3, 0.4) is 0 Å². The van der Waals surface area contributed by atoms with E-state index >= 15 is 0 Å². The van der Waals surface area contributed by atoms with Crippen molar-refractivity contribution < 1.29 is 19.1 Å². The molecule has 0 saturated carbocycles. The number of nitrogens with one attached hydrogen (secondary N) is 1. The van der Waals surface area contributed by atoms with Crippen molar-refractivity contribution in [2.45, 2.75) is 45.3 Å². The first kappa shape index (κ1) is 27.2. The summed E-state index contributed by atoms with van der Waals surface area (Å²) in [6.07, 6.45) is 1.74. The first-order valence-electron chi connectivity index (χ1n) is 11.3. The Balaban J connectivity index is 1.78. The molecule has 36 heavy (non-hydrogen) atoms. The maximum atomic E-state index is 12.8. The van der Waals surface area contributed by atoms with Crippen LogP contribution in [0.1, 0.15) is 57.8 Å². The van der Waals surface area contributed by atoms with Crippen molar-refractivity contribution in [2.75, 3.05) is 17.7 Å². The average Bonchev–Trinajstić information content (AvgIpc) is 3.38. The van der Waals surface area contributed by atoms with E-state index in [2.05, 4.69) is 48.1 Å². The first-order valence-corrected chi connectivity index (χ1v) is 13.1. The third kappa shape index (κ3) is 6.03. The van der Waals surface area contributed by atoms with Gasteiger partial charge in [0.15, 0.2) is 11.0 Å². The number of carbonyl (C=O) groups is 3. The van der Waals surface area contributed by atoms with Crippen LogP contribution in [0.25, 0.3) is 11.4 Å². The number of carbonyl (C=O) groups excluding carboxylic acids is 3. The zero-order chi connectivity index (χ0) is 26.4. The smallest absolute Gasteiger partial charge is 0.341 e. The lowest BCUT2D eigenvalue weighted by Crippen LogP contribution is -2.17. The number of allylic oxidation sites excluding steroid dienone is 1. The highest BCUT2D eigenvalue weighted by Gasteiger charge is 2.26. The second-order valence-corrected chi connectivity index (χ2v) is 10.1. The minimum Gasteiger partial charge on any atom is -0.462 e. The maximum Gasteiger partial charge on any atom is 0.341 e. The lowest BCUT2D eigenvalue weighted by atomic mass is 10.0. The zero-order valence-electron chi connectivity index (χ0n) is 20.7. The van der Waals surface area contributed by atoms with Crippen LogP contribution < -0.4 is 11.1 Å². The van der Waals surface area contributed by atoms with E-state index in [4.69, 9.17) is 10.5 Å². The van der Waals surface area contributed by atoms with Crippen LogP contribution in [0.2, 0.25) is 0 Å². The molecule has 2 heterocycles. The summed E-state index contributed by atoms with van der Waals surface area (Å²) in [5.74, 6) is -0.570. The van der Waals surface area contributed by atoms with Gasteiger partial charge in [-0.3, -0.25) is 14.2 Å². The van der Waals surface area contributed by atoms with Crippen molar-refractivity contribution in [2.24, 2.45) is 5.73 Å². The molecule has 1 aromatic carbocycles. The van der Waals surface area contributed by atoms with Gasteiger partial charge in [0.25, 0.3) is 5.91 Å². The SMILES string of the molecule is C=CCn1c(SCC(=O)Nc2sc(C(N)=O)c(C)c2C(=O)OCC)nnc1-c1ccc(C(C)C)cc1. The van der Waals surface area contributed by atoms with Crippen LogP contribution in [-0.2, 0) is 16.1 Å². The van der Waals surface area contributed by atoms with Gasteiger partial charge in [0.05, 0.1) is 22.8 Å². The van der Waals surface area contributed by atoms with E-state index in [-0.39, 0.29) is 33.7 Å². The number of thioether (sulfide) groups is 1. The molecule has 0 unspecified atom stereocenters. The molecular weight excluding hydrogens is 498 g/mol.